The number of fused-ring (bicyclic) bond motifs is 34. The molecule has 2 spiro atoms. The Balaban J connectivity index is 0.000000115. The van der Waals surface area contributed by atoms with Crippen LogP contribution in [0, 0.1) is 0 Å². The van der Waals surface area contributed by atoms with Crippen molar-refractivity contribution >= 4 is 115 Å². The van der Waals surface area contributed by atoms with Crippen LogP contribution in [0.4, 0.5) is 0 Å². The van der Waals surface area contributed by atoms with E-state index in [1.807, 2.05) is 54.6 Å². The van der Waals surface area contributed by atoms with Crippen LogP contribution in [0.15, 0.2) is 381 Å². The molecule has 4 aliphatic rings. The van der Waals surface area contributed by atoms with Gasteiger partial charge in [-0.05, 0) is 179 Å². The zero-order valence-electron chi connectivity index (χ0n) is 59.5. The zero-order chi connectivity index (χ0) is 72.9. The average molecular weight is 1460 g/mol. The number of benzene rings is 18. The van der Waals surface area contributed by atoms with E-state index in [1.165, 1.54) is 154 Å². The Morgan fingerprint density at radius 1 is 0.236 bits per heavy atom. The van der Waals surface area contributed by atoms with Gasteiger partial charge in [0.05, 0.1) is 33.3 Å². The quantitative estimate of drug-likeness (QED) is 0.136. The van der Waals surface area contributed by atoms with Crippen LogP contribution in [0.2, 0.25) is 0 Å². The summed E-state index contributed by atoms with van der Waals surface area (Å²) < 4.78 is 1.07. The van der Waals surface area contributed by atoms with E-state index in [1.54, 1.807) is 0 Å². The molecule has 6 heteroatoms. The van der Waals surface area contributed by atoms with Crippen LogP contribution in [0.1, 0.15) is 44.5 Å². The maximum atomic E-state index is 9.44. The second kappa shape index (κ2) is 24.9. The lowest BCUT2D eigenvalue weighted by Crippen LogP contribution is -2.30. The van der Waals surface area contributed by atoms with Gasteiger partial charge in [-0.3, -0.25) is 0 Å². The molecule has 0 saturated carbocycles. The summed E-state index contributed by atoms with van der Waals surface area (Å²) in [4.78, 5) is 10.6. The number of nitrogens with zero attached hydrogens (tertiary/aromatic N) is 2. The molecule has 0 saturated heterocycles. The lowest BCUT2D eigenvalue weighted by Gasteiger charge is -2.30. The third-order valence-corrected chi connectivity index (χ3v) is 24.6. The first kappa shape index (κ1) is 64.0. The fourth-order valence-electron chi connectivity index (χ4n) is 19.7. The highest BCUT2D eigenvalue weighted by Crippen LogP contribution is 2.66. The molecule has 20 aromatic rings. The van der Waals surface area contributed by atoms with Crippen LogP contribution in [0.25, 0.3) is 165 Å². The molecule has 110 heavy (non-hydrogen) atoms. The summed E-state index contributed by atoms with van der Waals surface area (Å²) in [5.41, 5.74) is 30.1. The van der Waals surface area contributed by atoms with Gasteiger partial charge in [0.2, 0.25) is 0 Å². The monoisotopic (exact) mass is 1460 g/mol. The standard InChI is InChI=1S/C52H31N.C38H22BrN.C14H11BO2/c1-2-14-35-34(13-1)31-43(37-16-4-3-15-36(35)37)32-25-27-33(28-26-32)51-42-29-30-47-50(49(42)41-20-8-12-24-48(41)53-51)40-19-7-11-23-46(40)52(47)44-21-9-5-17-38(44)39-18-6-10-22-45(39)52;39-24-19-17-23(18-20-24)37-29-21-22-33-36(35(29)28-12-4-8-16-34(28)40-37)27-11-3-7-15-32(27)38(33)30-13-5-1-9-25(30)26-10-2-6-14-31(26)38;16-15(17)14-9-10-5-1-2-6-11(10)12-7-3-4-8-13(12)14/h1-31H;1-22H;1-9,16-17H. The van der Waals surface area contributed by atoms with Crippen molar-refractivity contribution in [1.29, 1.82) is 0 Å². The molecule has 512 valence electrons. The number of hydrogen-bond acceptors (Lipinski definition) is 4. The largest absolute Gasteiger partial charge is 0.489 e. The van der Waals surface area contributed by atoms with Crippen LogP contribution < -0.4 is 5.46 Å². The molecule has 2 N–H and O–H groups in total. The van der Waals surface area contributed by atoms with E-state index in [4.69, 9.17) is 9.97 Å². The summed E-state index contributed by atoms with van der Waals surface area (Å²) in [6.07, 6.45) is 0. The second-order valence-electron chi connectivity index (χ2n) is 29.4. The summed E-state index contributed by atoms with van der Waals surface area (Å²) >= 11 is 3.61. The molecule has 0 fully saturated rings. The molecule has 2 aromatic heterocycles. The first-order chi connectivity index (χ1) is 54.3. The van der Waals surface area contributed by atoms with E-state index in [9.17, 15) is 10.0 Å². The second-order valence-corrected chi connectivity index (χ2v) is 30.3. The molecule has 0 atom stereocenters. The Morgan fingerprint density at radius 3 is 0.991 bits per heavy atom. The van der Waals surface area contributed by atoms with Gasteiger partial charge < -0.3 is 10.0 Å². The molecule has 4 aliphatic carbocycles. The summed E-state index contributed by atoms with van der Waals surface area (Å²) in [5.74, 6) is 0. The summed E-state index contributed by atoms with van der Waals surface area (Å²) in [5, 5.41) is 35.4. The SMILES string of the molecule is Brc1ccc(-c2nc3ccccc3c3c4c(ccc23)C2(c3ccccc3-c3ccccc32)c2ccccc2-4)cc1.OB(O)c1cc2ccccc2c2ccccc12.c1ccc2c(c1)-c1ccccc1C21c2ccccc2-c2c1ccc1c(-c3ccc(-c4cc5ccccc5c5ccccc45)cc3)nc3ccccc3c21. The van der Waals surface area contributed by atoms with E-state index in [0.717, 1.165) is 59.6 Å². The molecular formula is C104H64BBrN2O2. The average Bonchev–Trinajstić information content (AvgIpc) is 1.51. The van der Waals surface area contributed by atoms with Crippen molar-refractivity contribution in [1.82, 2.24) is 9.97 Å². The molecule has 18 aromatic carbocycles. The van der Waals surface area contributed by atoms with Crippen LogP contribution in [0.3, 0.4) is 0 Å². The molecule has 4 nitrogen and oxygen atoms in total. The summed E-state index contributed by atoms with van der Waals surface area (Å²) in [7, 11) is -1.44. The molecule has 24 rings (SSSR count). The Hall–Kier alpha value is -13.2. The fraction of sp³-hybridized carbons (Fsp3) is 0.0192. The van der Waals surface area contributed by atoms with Crippen molar-refractivity contribution in [3.63, 3.8) is 0 Å². The minimum Gasteiger partial charge on any atom is -0.423 e. The maximum Gasteiger partial charge on any atom is 0.489 e. The van der Waals surface area contributed by atoms with Crippen LogP contribution in [0.5, 0.6) is 0 Å². The minimum atomic E-state index is -1.44. The van der Waals surface area contributed by atoms with Gasteiger partial charge in [0, 0.05) is 47.9 Å². The van der Waals surface area contributed by atoms with Crippen molar-refractivity contribution in [3.8, 4) is 78.1 Å². The van der Waals surface area contributed by atoms with Crippen molar-refractivity contribution in [3.05, 3.63) is 425 Å². The van der Waals surface area contributed by atoms with E-state index >= 15 is 0 Å². The predicted molar refractivity (Wildman–Crippen MR) is 461 cm³/mol. The Morgan fingerprint density at radius 2 is 0.555 bits per heavy atom. The minimum absolute atomic E-state index is 0.352. The number of para-hydroxylation sites is 2. The van der Waals surface area contributed by atoms with Crippen LogP contribution in [-0.4, -0.2) is 27.1 Å². The Kier molecular flexibility index (Phi) is 14.5. The lowest BCUT2D eigenvalue weighted by atomic mass is 9.70. The third kappa shape index (κ3) is 9.22. The Labute approximate surface area is 644 Å². The number of pyridine rings is 2. The van der Waals surface area contributed by atoms with Gasteiger partial charge in [-0.25, -0.2) is 9.97 Å². The lowest BCUT2D eigenvalue weighted by molar-refractivity contribution is 0.426. The third-order valence-electron chi connectivity index (χ3n) is 24.1. The summed E-state index contributed by atoms with van der Waals surface area (Å²) in [6, 6.07) is 136. The van der Waals surface area contributed by atoms with Crippen molar-refractivity contribution < 1.29 is 10.0 Å². The zero-order valence-corrected chi connectivity index (χ0v) is 61.1. The normalized spacial score (nSPS) is 13.2. The predicted octanol–water partition coefficient (Wildman–Crippen LogP) is 25.2. The molecule has 0 radical (unpaired) electrons. The van der Waals surface area contributed by atoms with Gasteiger partial charge in [0.15, 0.2) is 0 Å². The number of hydrogen-bond donors (Lipinski definition) is 2. The molecule has 0 aliphatic heterocycles. The van der Waals surface area contributed by atoms with E-state index in [2.05, 4.69) is 337 Å². The van der Waals surface area contributed by atoms with Crippen molar-refractivity contribution in [2.45, 2.75) is 10.8 Å². The maximum absolute atomic E-state index is 9.44. The van der Waals surface area contributed by atoms with Crippen LogP contribution >= 0.6 is 15.9 Å². The highest BCUT2D eigenvalue weighted by molar-refractivity contribution is 9.10. The first-order valence-corrected chi connectivity index (χ1v) is 38.5. The van der Waals surface area contributed by atoms with Crippen molar-refractivity contribution in [2.24, 2.45) is 0 Å². The fourth-order valence-corrected chi connectivity index (χ4v) is 20.0. The number of rotatable bonds is 4. The Bertz CT molecular complexity index is 7200. The van der Waals surface area contributed by atoms with E-state index < -0.39 is 7.12 Å². The molecule has 0 amide bonds. The van der Waals surface area contributed by atoms with Gasteiger partial charge >= 0.3 is 7.12 Å². The summed E-state index contributed by atoms with van der Waals surface area (Å²) in [6.45, 7) is 0. The van der Waals surface area contributed by atoms with Gasteiger partial charge in [-0.15, -0.1) is 0 Å². The molecular weight excluding hydrogens is 1400 g/mol. The molecule has 0 bridgehead atoms. The first-order valence-electron chi connectivity index (χ1n) is 37.7. The molecule has 2 heterocycles. The highest BCUT2D eigenvalue weighted by Gasteiger charge is 2.54. The smallest absolute Gasteiger partial charge is 0.423 e. The highest BCUT2D eigenvalue weighted by atomic mass is 79.9. The van der Waals surface area contributed by atoms with Gasteiger partial charge in [0.25, 0.3) is 0 Å². The number of halogens is 1. The van der Waals surface area contributed by atoms with Gasteiger partial charge in [-0.1, -0.05) is 362 Å². The number of aromatic nitrogens is 2. The van der Waals surface area contributed by atoms with Gasteiger partial charge in [0.1, 0.15) is 0 Å². The van der Waals surface area contributed by atoms with Crippen molar-refractivity contribution in [2.75, 3.05) is 0 Å². The van der Waals surface area contributed by atoms with E-state index in [-0.39, 0.29) is 10.8 Å². The topological polar surface area (TPSA) is 66.2 Å². The molecule has 0 unspecified atom stereocenters. The van der Waals surface area contributed by atoms with Gasteiger partial charge in [-0.2, -0.15) is 0 Å². The van der Waals surface area contributed by atoms with Crippen LogP contribution in [-0.2, 0) is 10.8 Å². The van der Waals surface area contributed by atoms with E-state index in [0.29, 0.717) is 5.46 Å².